The zero-order chi connectivity index (χ0) is 14.3. The normalized spacial score (nSPS) is 24.4. The maximum absolute atomic E-state index is 13.3. The number of nitrogens with zero attached hydrogens (tertiary/aromatic N) is 2. The van der Waals surface area contributed by atoms with E-state index in [4.69, 9.17) is 5.21 Å². The van der Waals surface area contributed by atoms with Gasteiger partial charge in [-0.2, -0.15) is 5.10 Å². The number of nitrogens with one attached hydrogen (secondary N) is 1. The third-order valence-corrected chi connectivity index (χ3v) is 3.78. The topological polar surface area (TPSA) is 67.2 Å². The molecule has 2 aromatic rings. The number of benzene rings is 1. The monoisotopic (exact) mass is 275 g/mol. The van der Waals surface area contributed by atoms with Crippen molar-refractivity contribution in [1.82, 2.24) is 15.3 Å². The molecule has 0 radical (unpaired) electrons. The molecule has 1 aromatic carbocycles. The Hall–Kier alpha value is -2.21. The van der Waals surface area contributed by atoms with E-state index in [1.54, 1.807) is 35.5 Å². The van der Waals surface area contributed by atoms with Gasteiger partial charge in [-0.05, 0) is 23.3 Å². The Morgan fingerprint density at radius 2 is 2.15 bits per heavy atom. The van der Waals surface area contributed by atoms with Crippen LogP contribution in [0.1, 0.15) is 23.0 Å². The molecule has 0 bridgehead atoms. The van der Waals surface area contributed by atoms with Crippen LogP contribution in [0.3, 0.4) is 0 Å². The fraction of sp³-hybridized carbons (Fsp3) is 0.286. The number of carbonyl (C=O) groups excluding carboxylic acids is 1. The molecule has 3 rings (SSSR count). The molecule has 1 aliphatic carbocycles. The first kappa shape index (κ1) is 12.8. The number of halogens is 1. The minimum atomic E-state index is -0.451. The van der Waals surface area contributed by atoms with Crippen LogP contribution in [0.2, 0.25) is 0 Å². The second kappa shape index (κ2) is 4.72. The molecule has 0 aliphatic heterocycles. The Morgan fingerprint density at radius 3 is 2.75 bits per heavy atom. The van der Waals surface area contributed by atoms with Crippen molar-refractivity contribution in [2.75, 3.05) is 0 Å². The van der Waals surface area contributed by atoms with Gasteiger partial charge in [0.15, 0.2) is 0 Å². The number of carbonyl (C=O) groups is 1. The lowest BCUT2D eigenvalue weighted by atomic mass is 10.1. The van der Waals surface area contributed by atoms with Gasteiger partial charge in [-0.3, -0.25) is 14.7 Å². The number of aryl methyl sites for hydroxylation is 1. The largest absolute Gasteiger partial charge is 0.289 e. The number of aromatic nitrogens is 2. The molecule has 5 nitrogen and oxygen atoms in total. The lowest BCUT2D eigenvalue weighted by Gasteiger charge is -1.99. The van der Waals surface area contributed by atoms with Gasteiger partial charge in [-0.25, -0.2) is 9.87 Å². The summed E-state index contributed by atoms with van der Waals surface area (Å²) in [5.74, 6) is -1.40. The van der Waals surface area contributed by atoms with Crippen LogP contribution in [-0.2, 0) is 11.8 Å². The molecule has 1 saturated carbocycles. The van der Waals surface area contributed by atoms with Crippen LogP contribution in [0.15, 0.2) is 36.7 Å². The van der Waals surface area contributed by atoms with E-state index < -0.39 is 11.8 Å². The molecular formula is C14H14FN3O2. The van der Waals surface area contributed by atoms with E-state index >= 15 is 0 Å². The van der Waals surface area contributed by atoms with Crippen LogP contribution in [0.5, 0.6) is 0 Å². The van der Waals surface area contributed by atoms with Gasteiger partial charge in [0, 0.05) is 25.1 Å². The minimum Gasteiger partial charge on any atom is -0.289 e. The highest BCUT2D eigenvalue weighted by Gasteiger charge is 2.56. The summed E-state index contributed by atoms with van der Waals surface area (Å²) in [6.07, 6.45) is 3.53. The third-order valence-electron chi connectivity index (χ3n) is 3.78. The van der Waals surface area contributed by atoms with Crippen molar-refractivity contribution >= 4 is 5.91 Å². The second-order valence-electron chi connectivity index (χ2n) is 5.06. The minimum absolute atomic E-state index is 0.0855. The third kappa shape index (κ3) is 2.08. The van der Waals surface area contributed by atoms with E-state index in [9.17, 15) is 9.18 Å². The predicted octanol–water partition coefficient (Wildman–Crippen LogP) is 1.56. The number of hydroxylamine groups is 1. The van der Waals surface area contributed by atoms with Gasteiger partial charge >= 0.3 is 0 Å². The van der Waals surface area contributed by atoms with Crippen molar-refractivity contribution < 1.29 is 14.4 Å². The van der Waals surface area contributed by atoms with Gasteiger partial charge in [0.2, 0.25) is 5.91 Å². The highest BCUT2D eigenvalue weighted by atomic mass is 19.1. The molecule has 1 amide bonds. The lowest BCUT2D eigenvalue weighted by Crippen LogP contribution is -2.21. The highest BCUT2D eigenvalue weighted by molar-refractivity contribution is 5.84. The molecule has 3 atom stereocenters. The molecule has 2 N–H and O–H groups in total. The SMILES string of the molecule is Cn1cc(C2C(C(=O)NO)C2c2cccc(F)c2)cn1. The molecule has 0 saturated heterocycles. The van der Waals surface area contributed by atoms with Crippen molar-refractivity contribution in [1.29, 1.82) is 0 Å². The van der Waals surface area contributed by atoms with E-state index in [0.29, 0.717) is 0 Å². The molecule has 104 valence electrons. The number of amides is 1. The summed E-state index contributed by atoms with van der Waals surface area (Å²) in [4.78, 5) is 11.8. The Balaban J connectivity index is 1.94. The first-order valence-corrected chi connectivity index (χ1v) is 6.30. The summed E-state index contributed by atoms with van der Waals surface area (Å²) in [5, 5.41) is 12.9. The van der Waals surface area contributed by atoms with Gasteiger partial charge < -0.3 is 0 Å². The molecule has 3 unspecified atom stereocenters. The first-order chi connectivity index (χ1) is 9.61. The average molecular weight is 275 g/mol. The van der Waals surface area contributed by atoms with E-state index in [1.165, 1.54) is 12.1 Å². The molecule has 1 aliphatic rings. The maximum atomic E-state index is 13.3. The standard InChI is InChI=1S/C14H14FN3O2/c1-18-7-9(6-16-18)12-11(13(12)14(19)17-20)8-3-2-4-10(15)5-8/h2-7,11-13,20H,1H3,(H,17,19). The van der Waals surface area contributed by atoms with E-state index in [0.717, 1.165) is 11.1 Å². The van der Waals surface area contributed by atoms with Gasteiger partial charge in [0.05, 0.1) is 12.1 Å². The Labute approximate surface area is 115 Å². The van der Waals surface area contributed by atoms with Crippen molar-refractivity contribution in [3.63, 3.8) is 0 Å². The first-order valence-electron chi connectivity index (χ1n) is 6.30. The summed E-state index contributed by atoms with van der Waals surface area (Å²) in [6, 6.07) is 6.21. The van der Waals surface area contributed by atoms with Crippen molar-refractivity contribution in [2.45, 2.75) is 11.8 Å². The maximum Gasteiger partial charge on any atom is 0.247 e. The molecule has 0 spiro atoms. The lowest BCUT2D eigenvalue weighted by molar-refractivity contribution is -0.130. The van der Waals surface area contributed by atoms with Crippen LogP contribution >= 0.6 is 0 Å². The zero-order valence-corrected chi connectivity index (χ0v) is 10.8. The van der Waals surface area contributed by atoms with Crippen molar-refractivity contribution in [3.05, 3.63) is 53.6 Å². The van der Waals surface area contributed by atoms with Gasteiger partial charge in [-0.1, -0.05) is 12.1 Å². The zero-order valence-electron chi connectivity index (χ0n) is 10.8. The summed E-state index contributed by atoms with van der Waals surface area (Å²) in [6.45, 7) is 0. The quantitative estimate of drug-likeness (QED) is 0.660. The number of rotatable bonds is 3. The van der Waals surface area contributed by atoms with Crippen LogP contribution in [-0.4, -0.2) is 20.9 Å². The highest BCUT2D eigenvalue weighted by Crippen LogP contribution is 2.60. The molecule has 1 fully saturated rings. The Kier molecular flexibility index (Phi) is 3.02. The van der Waals surface area contributed by atoms with Gasteiger partial charge in [-0.15, -0.1) is 0 Å². The van der Waals surface area contributed by atoms with Crippen molar-refractivity contribution in [2.24, 2.45) is 13.0 Å². The van der Waals surface area contributed by atoms with Crippen LogP contribution < -0.4 is 5.48 Å². The van der Waals surface area contributed by atoms with Crippen LogP contribution in [0.4, 0.5) is 4.39 Å². The molecule has 1 heterocycles. The van der Waals surface area contributed by atoms with E-state index in [1.807, 2.05) is 6.20 Å². The summed E-state index contributed by atoms with van der Waals surface area (Å²) >= 11 is 0. The fourth-order valence-corrected chi connectivity index (χ4v) is 2.87. The predicted molar refractivity (Wildman–Crippen MR) is 68.5 cm³/mol. The smallest absolute Gasteiger partial charge is 0.247 e. The van der Waals surface area contributed by atoms with E-state index in [2.05, 4.69) is 5.10 Å². The molecule has 1 aromatic heterocycles. The van der Waals surface area contributed by atoms with Gasteiger partial charge in [0.25, 0.3) is 0 Å². The molecule has 6 heteroatoms. The Bertz CT molecular complexity index is 655. The molecule has 20 heavy (non-hydrogen) atoms. The van der Waals surface area contributed by atoms with Crippen LogP contribution in [0.25, 0.3) is 0 Å². The summed E-state index contributed by atoms with van der Waals surface area (Å²) in [7, 11) is 1.80. The number of hydrogen-bond donors (Lipinski definition) is 2. The summed E-state index contributed by atoms with van der Waals surface area (Å²) < 4.78 is 15.0. The summed E-state index contributed by atoms with van der Waals surface area (Å²) in [5.41, 5.74) is 3.36. The second-order valence-corrected chi connectivity index (χ2v) is 5.06. The fourth-order valence-electron chi connectivity index (χ4n) is 2.87. The Morgan fingerprint density at radius 1 is 1.40 bits per heavy atom. The van der Waals surface area contributed by atoms with Crippen LogP contribution in [0, 0.1) is 11.7 Å². The molecular weight excluding hydrogens is 261 g/mol. The average Bonchev–Trinajstić information content (AvgIpc) is 3.05. The van der Waals surface area contributed by atoms with Gasteiger partial charge in [0.1, 0.15) is 5.82 Å². The number of hydrogen-bond acceptors (Lipinski definition) is 3. The van der Waals surface area contributed by atoms with E-state index in [-0.39, 0.29) is 17.7 Å². The van der Waals surface area contributed by atoms with Crippen molar-refractivity contribution in [3.8, 4) is 0 Å².